The molecule has 0 saturated carbocycles. The Hall–Kier alpha value is 0.439. The molecule has 0 saturated heterocycles. The third-order valence-electron chi connectivity index (χ3n) is 4.12. The zero-order chi connectivity index (χ0) is 20.2. The van der Waals surface area contributed by atoms with Crippen LogP contribution in [0, 0.1) is 11.8 Å². The maximum absolute atomic E-state index is 11.4. The first-order valence-electron chi connectivity index (χ1n) is 10.0. The standard InChI is InChI=1S/2C10H20O2S.2CH4.Sn/c2*1-3-5-6-9(4-2)10(11)12-7-8-13;;;/h2*9,13H,3-8H2,1-2H3;2*1H4;/q;;;;+2/p-2. The second kappa shape index (κ2) is 30.6. The quantitative estimate of drug-likeness (QED) is 0.160. The van der Waals surface area contributed by atoms with Crippen LogP contribution in [0.15, 0.2) is 0 Å². The fourth-order valence-corrected chi connectivity index (χ4v) is 2.57. The molecular formula is C22H46O4S2Sn. The van der Waals surface area contributed by atoms with Gasteiger partial charge in [0.05, 0.1) is 25.0 Å². The van der Waals surface area contributed by atoms with Crippen LogP contribution in [0.4, 0.5) is 0 Å². The van der Waals surface area contributed by atoms with E-state index in [1.165, 1.54) is 0 Å². The zero-order valence-electron chi connectivity index (χ0n) is 17.6. The average molecular weight is 557 g/mol. The summed E-state index contributed by atoms with van der Waals surface area (Å²) in [4.78, 5) is 22.7. The molecule has 29 heavy (non-hydrogen) atoms. The molecule has 0 aliphatic heterocycles. The third kappa shape index (κ3) is 24.6. The van der Waals surface area contributed by atoms with Crippen LogP contribution in [0.25, 0.3) is 0 Å². The van der Waals surface area contributed by atoms with E-state index in [-0.39, 0.29) is 62.5 Å². The van der Waals surface area contributed by atoms with Crippen molar-refractivity contribution in [2.24, 2.45) is 11.8 Å². The molecule has 0 rings (SSSR count). The molecule has 2 radical (unpaired) electrons. The van der Waals surface area contributed by atoms with Gasteiger partial charge in [-0.1, -0.05) is 68.2 Å². The van der Waals surface area contributed by atoms with Crippen molar-refractivity contribution in [1.29, 1.82) is 0 Å². The second-order valence-electron chi connectivity index (χ2n) is 6.24. The van der Waals surface area contributed by atoms with Crippen molar-refractivity contribution < 1.29 is 19.1 Å². The minimum Gasteiger partial charge on any atom is -0.789 e. The van der Waals surface area contributed by atoms with Crippen LogP contribution < -0.4 is 0 Å². The summed E-state index contributed by atoms with van der Waals surface area (Å²) in [6.07, 6.45) is 8.09. The molecule has 0 aliphatic carbocycles. The number of carbonyl (C=O) groups is 2. The van der Waals surface area contributed by atoms with Gasteiger partial charge >= 0.3 is 35.8 Å². The van der Waals surface area contributed by atoms with Crippen molar-refractivity contribution in [3.05, 3.63) is 0 Å². The van der Waals surface area contributed by atoms with Crippen LogP contribution in [0.5, 0.6) is 0 Å². The molecular weight excluding hydrogens is 511 g/mol. The van der Waals surface area contributed by atoms with Gasteiger partial charge in [0.2, 0.25) is 0 Å². The zero-order valence-corrected chi connectivity index (χ0v) is 22.1. The summed E-state index contributed by atoms with van der Waals surface area (Å²) in [6.45, 7) is 9.07. The van der Waals surface area contributed by atoms with Crippen molar-refractivity contribution in [2.75, 3.05) is 24.7 Å². The summed E-state index contributed by atoms with van der Waals surface area (Å²) in [5, 5.41) is 0. The smallest absolute Gasteiger partial charge is 0.789 e. The number of esters is 2. The summed E-state index contributed by atoms with van der Waals surface area (Å²) in [5.41, 5.74) is 0. The van der Waals surface area contributed by atoms with Gasteiger partial charge in [-0.2, -0.15) is 0 Å². The first-order chi connectivity index (χ1) is 12.5. The maximum atomic E-state index is 11.4. The third-order valence-corrected chi connectivity index (χ3v) is 4.45. The van der Waals surface area contributed by atoms with Crippen LogP contribution in [0.2, 0.25) is 0 Å². The maximum Gasteiger partial charge on any atom is 2.00 e. The van der Waals surface area contributed by atoms with E-state index in [2.05, 4.69) is 13.8 Å². The van der Waals surface area contributed by atoms with Gasteiger partial charge in [-0.25, -0.2) is 0 Å². The normalized spacial score (nSPS) is 11.2. The van der Waals surface area contributed by atoms with Gasteiger partial charge in [-0.05, 0) is 25.7 Å². The van der Waals surface area contributed by atoms with E-state index in [1.807, 2.05) is 13.8 Å². The van der Waals surface area contributed by atoms with E-state index in [4.69, 9.17) is 34.7 Å². The van der Waals surface area contributed by atoms with Crippen molar-refractivity contribution >= 4 is 61.1 Å². The van der Waals surface area contributed by atoms with E-state index in [0.29, 0.717) is 24.7 Å². The molecule has 0 N–H and O–H groups in total. The van der Waals surface area contributed by atoms with Gasteiger partial charge < -0.3 is 34.7 Å². The predicted octanol–water partition coefficient (Wildman–Crippen LogP) is 5.48. The first-order valence-corrected chi connectivity index (χ1v) is 11.2. The Balaban J connectivity index is -0.000000120. The molecule has 174 valence electrons. The van der Waals surface area contributed by atoms with Crippen molar-refractivity contribution in [3.8, 4) is 0 Å². The van der Waals surface area contributed by atoms with Crippen LogP contribution in [0.3, 0.4) is 0 Å². The Labute approximate surface area is 209 Å². The number of rotatable bonds is 14. The molecule has 0 aromatic carbocycles. The van der Waals surface area contributed by atoms with Gasteiger partial charge in [-0.15, -0.1) is 11.5 Å². The molecule has 0 bridgehead atoms. The van der Waals surface area contributed by atoms with Gasteiger partial charge in [0, 0.05) is 0 Å². The molecule has 0 heterocycles. The largest absolute Gasteiger partial charge is 2.00 e. The summed E-state index contributed by atoms with van der Waals surface area (Å²) < 4.78 is 10.00. The molecule has 0 spiro atoms. The average Bonchev–Trinajstić information content (AvgIpc) is 2.66. The summed E-state index contributed by atoms with van der Waals surface area (Å²) in [5.74, 6) is 1.02. The fraction of sp³-hybridized carbons (Fsp3) is 0.909. The second-order valence-corrected chi connectivity index (χ2v) is 7.05. The van der Waals surface area contributed by atoms with Crippen LogP contribution in [0.1, 0.15) is 93.9 Å². The van der Waals surface area contributed by atoms with Gasteiger partial charge in [0.1, 0.15) is 0 Å². The molecule has 7 heteroatoms. The molecule has 2 unspecified atom stereocenters. The van der Waals surface area contributed by atoms with E-state index in [0.717, 1.165) is 51.4 Å². The molecule has 0 fully saturated rings. The Morgan fingerprint density at radius 3 is 1.24 bits per heavy atom. The van der Waals surface area contributed by atoms with E-state index >= 15 is 0 Å². The fourth-order valence-electron chi connectivity index (χ4n) is 2.40. The molecule has 0 aromatic rings. The Morgan fingerprint density at radius 2 is 1.03 bits per heavy atom. The van der Waals surface area contributed by atoms with E-state index in [9.17, 15) is 9.59 Å². The van der Waals surface area contributed by atoms with Crippen LogP contribution >= 0.6 is 0 Å². The summed E-state index contributed by atoms with van der Waals surface area (Å²) >= 11 is 9.41. The molecule has 4 nitrogen and oxygen atoms in total. The first kappa shape index (κ1) is 39.9. The number of hydrogen-bond acceptors (Lipinski definition) is 6. The van der Waals surface area contributed by atoms with Crippen molar-refractivity contribution in [2.45, 2.75) is 93.9 Å². The Bertz CT molecular complexity index is 313. The molecule has 0 amide bonds. The van der Waals surface area contributed by atoms with Gasteiger partial charge in [0.25, 0.3) is 0 Å². The number of unbranched alkanes of at least 4 members (excludes halogenated alkanes) is 2. The monoisotopic (exact) mass is 558 g/mol. The minimum absolute atomic E-state index is 0. The predicted molar refractivity (Wildman–Crippen MR) is 132 cm³/mol. The van der Waals surface area contributed by atoms with Crippen LogP contribution in [-0.4, -0.2) is 60.6 Å². The molecule has 2 atom stereocenters. The SMILES string of the molecule is C.C.CCCCC(CC)C(=O)OCC[S-].CCCCC(CC)C(=O)OCC[S-].[Sn+2]. The topological polar surface area (TPSA) is 52.6 Å². The van der Waals surface area contributed by atoms with Gasteiger partial charge in [-0.3, -0.25) is 9.59 Å². The Morgan fingerprint density at radius 1 is 0.724 bits per heavy atom. The summed E-state index contributed by atoms with van der Waals surface area (Å²) in [6, 6.07) is 0. The minimum atomic E-state index is -0.0687. The number of ether oxygens (including phenoxy) is 2. The van der Waals surface area contributed by atoms with E-state index < -0.39 is 0 Å². The summed E-state index contributed by atoms with van der Waals surface area (Å²) in [7, 11) is 0. The molecule has 0 aromatic heterocycles. The van der Waals surface area contributed by atoms with Crippen molar-refractivity contribution in [1.82, 2.24) is 0 Å². The van der Waals surface area contributed by atoms with Crippen molar-refractivity contribution in [3.63, 3.8) is 0 Å². The van der Waals surface area contributed by atoms with E-state index in [1.54, 1.807) is 0 Å². The van der Waals surface area contributed by atoms with Gasteiger partial charge in [0.15, 0.2) is 0 Å². The molecule has 0 aliphatic rings. The Kier molecular flexibility index (Phi) is 42.1. The van der Waals surface area contributed by atoms with Crippen LogP contribution in [-0.2, 0) is 44.3 Å². The number of hydrogen-bond donors (Lipinski definition) is 0. The number of carbonyl (C=O) groups excluding carboxylic acids is 2.